The van der Waals surface area contributed by atoms with E-state index in [9.17, 15) is 14.4 Å². The number of nitrogens with one attached hydrogen (secondary N) is 1. The summed E-state index contributed by atoms with van der Waals surface area (Å²) in [6.07, 6.45) is 9.83. The van der Waals surface area contributed by atoms with Crippen LogP contribution in [0.3, 0.4) is 0 Å². The van der Waals surface area contributed by atoms with Crippen molar-refractivity contribution in [2.45, 2.75) is 91.9 Å². The molecule has 3 amide bonds. The number of amides is 3. The Morgan fingerprint density at radius 2 is 1.52 bits per heavy atom. The summed E-state index contributed by atoms with van der Waals surface area (Å²) in [6, 6.07) is 0. The first-order chi connectivity index (χ1) is 12.8. The largest absolute Gasteiger partial charge is 0.356 e. The molecule has 0 aromatic carbocycles. The highest BCUT2D eigenvalue weighted by Gasteiger charge is 2.39. The van der Waals surface area contributed by atoms with Crippen LogP contribution < -0.4 is 5.32 Å². The molecule has 27 heavy (non-hydrogen) atoms. The standard InChI is InChI=1S/C22H40N2O3/c1-17(2)16-23-20(25)13-11-9-7-5-6-8-10-12-14-24-21(26)15-19(18(3)4)22(24)27/h17-19H,5-16H2,1-4H3,(H,23,25). The summed E-state index contributed by atoms with van der Waals surface area (Å²) in [4.78, 5) is 37.3. The molecule has 1 rings (SSSR count). The van der Waals surface area contributed by atoms with Gasteiger partial charge in [0.1, 0.15) is 0 Å². The first-order valence-electron chi connectivity index (χ1n) is 10.9. The van der Waals surface area contributed by atoms with E-state index in [4.69, 9.17) is 0 Å². The Bertz CT molecular complexity index is 474. The fourth-order valence-corrected chi connectivity index (χ4v) is 3.49. The lowest BCUT2D eigenvalue weighted by Crippen LogP contribution is -2.32. The first-order valence-corrected chi connectivity index (χ1v) is 10.9. The third-order valence-corrected chi connectivity index (χ3v) is 5.33. The normalized spacial score (nSPS) is 17.4. The van der Waals surface area contributed by atoms with Gasteiger partial charge in [-0.3, -0.25) is 19.3 Å². The summed E-state index contributed by atoms with van der Waals surface area (Å²) in [5, 5.41) is 2.95. The van der Waals surface area contributed by atoms with Gasteiger partial charge in [0.2, 0.25) is 17.7 Å². The lowest BCUT2D eigenvalue weighted by Gasteiger charge is -2.16. The van der Waals surface area contributed by atoms with Crippen LogP contribution in [-0.2, 0) is 14.4 Å². The fraction of sp³-hybridized carbons (Fsp3) is 0.864. The fourth-order valence-electron chi connectivity index (χ4n) is 3.49. The van der Waals surface area contributed by atoms with Crippen molar-refractivity contribution in [3.8, 4) is 0 Å². The highest BCUT2D eigenvalue weighted by Crippen LogP contribution is 2.26. The summed E-state index contributed by atoms with van der Waals surface area (Å²) in [5.41, 5.74) is 0. The van der Waals surface area contributed by atoms with Gasteiger partial charge in [0.25, 0.3) is 0 Å². The summed E-state index contributed by atoms with van der Waals surface area (Å²) < 4.78 is 0. The first kappa shape index (κ1) is 23.6. The molecule has 5 heteroatoms. The predicted octanol–water partition coefficient (Wildman–Crippen LogP) is 4.30. The molecule has 5 nitrogen and oxygen atoms in total. The van der Waals surface area contributed by atoms with Gasteiger partial charge in [0.15, 0.2) is 0 Å². The van der Waals surface area contributed by atoms with Crippen LogP contribution in [-0.4, -0.2) is 35.7 Å². The second-order valence-electron chi connectivity index (χ2n) is 8.71. The number of hydrogen-bond donors (Lipinski definition) is 1. The van der Waals surface area contributed by atoms with Crippen molar-refractivity contribution < 1.29 is 14.4 Å². The van der Waals surface area contributed by atoms with Crippen molar-refractivity contribution in [3.63, 3.8) is 0 Å². The molecule has 1 aliphatic heterocycles. The van der Waals surface area contributed by atoms with Crippen LogP contribution in [0.25, 0.3) is 0 Å². The molecule has 0 bridgehead atoms. The van der Waals surface area contributed by atoms with Gasteiger partial charge in [-0.05, 0) is 24.7 Å². The Morgan fingerprint density at radius 1 is 0.963 bits per heavy atom. The zero-order chi connectivity index (χ0) is 20.2. The summed E-state index contributed by atoms with van der Waals surface area (Å²) in [7, 11) is 0. The molecule has 0 aromatic rings. The molecular weight excluding hydrogens is 340 g/mol. The van der Waals surface area contributed by atoms with Crippen molar-refractivity contribution >= 4 is 17.7 Å². The van der Waals surface area contributed by atoms with E-state index < -0.39 is 0 Å². The maximum absolute atomic E-state index is 12.2. The van der Waals surface area contributed by atoms with Gasteiger partial charge in [0, 0.05) is 31.8 Å². The van der Waals surface area contributed by atoms with E-state index in [0.717, 1.165) is 38.6 Å². The van der Waals surface area contributed by atoms with Gasteiger partial charge in [0.05, 0.1) is 0 Å². The Balaban J connectivity index is 1.96. The van der Waals surface area contributed by atoms with Gasteiger partial charge in [-0.25, -0.2) is 0 Å². The van der Waals surface area contributed by atoms with E-state index in [0.29, 0.717) is 25.3 Å². The Labute approximate surface area is 165 Å². The second-order valence-corrected chi connectivity index (χ2v) is 8.71. The third kappa shape index (κ3) is 9.39. The number of carbonyl (C=O) groups excluding carboxylic acids is 3. The number of hydrogen-bond acceptors (Lipinski definition) is 3. The average molecular weight is 381 g/mol. The lowest BCUT2D eigenvalue weighted by atomic mass is 9.94. The van der Waals surface area contributed by atoms with Crippen molar-refractivity contribution in [2.24, 2.45) is 17.8 Å². The van der Waals surface area contributed by atoms with Crippen LogP contribution >= 0.6 is 0 Å². The number of unbranched alkanes of at least 4 members (excludes halogenated alkanes) is 7. The Morgan fingerprint density at radius 3 is 2.04 bits per heavy atom. The van der Waals surface area contributed by atoms with Gasteiger partial charge in [-0.15, -0.1) is 0 Å². The van der Waals surface area contributed by atoms with Crippen LogP contribution in [0.4, 0.5) is 0 Å². The lowest BCUT2D eigenvalue weighted by molar-refractivity contribution is -0.139. The highest BCUT2D eigenvalue weighted by atomic mass is 16.2. The minimum Gasteiger partial charge on any atom is -0.356 e. The summed E-state index contributed by atoms with van der Waals surface area (Å²) >= 11 is 0. The van der Waals surface area contributed by atoms with Gasteiger partial charge in [-0.2, -0.15) is 0 Å². The zero-order valence-corrected chi connectivity index (χ0v) is 17.9. The van der Waals surface area contributed by atoms with Gasteiger partial charge in [-0.1, -0.05) is 66.2 Å². The number of nitrogens with zero attached hydrogens (tertiary/aromatic N) is 1. The van der Waals surface area contributed by atoms with E-state index in [1.54, 1.807) is 0 Å². The molecule has 0 saturated carbocycles. The molecule has 1 unspecified atom stereocenters. The third-order valence-electron chi connectivity index (χ3n) is 5.33. The highest BCUT2D eigenvalue weighted by molar-refractivity contribution is 6.03. The Kier molecular flexibility index (Phi) is 11.3. The van der Waals surface area contributed by atoms with Crippen LogP contribution in [0.1, 0.15) is 91.9 Å². The van der Waals surface area contributed by atoms with Crippen molar-refractivity contribution in [3.05, 3.63) is 0 Å². The number of imide groups is 1. The van der Waals surface area contributed by atoms with E-state index in [1.165, 1.54) is 24.2 Å². The van der Waals surface area contributed by atoms with Crippen LogP contribution in [0.5, 0.6) is 0 Å². The van der Waals surface area contributed by atoms with Crippen LogP contribution in [0.15, 0.2) is 0 Å². The molecule has 0 radical (unpaired) electrons. The van der Waals surface area contributed by atoms with E-state index in [1.807, 2.05) is 13.8 Å². The summed E-state index contributed by atoms with van der Waals surface area (Å²) in [6.45, 7) is 9.58. The molecule has 1 fully saturated rings. The summed E-state index contributed by atoms with van der Waals surface area (Å²) in [5.74, 6) is 0.864. The van der Waals surface area contributed by atoms with Crippen LogP contribution in [0, 0.1) is 17.8 Å². The van der Waals surface area contributed by atoms with Gasteiger partial charge >= 0.3 is 0 Å². The van der Waals surface area contributed by atoms with Crippen molar-refractivity contribution in [1.82, 2.24) is 10.2 Å². The molecule has 1 saturated heterocycles. The number of likely N-dealkylation sites (tertiary alicyclic amines) is 1. The Hall–Kier alpha value is -1.39. The second kappa shape index (κ2) is 12.9. The molecule has 1 N–H and O–H groups in total. The topological polar surface area (TPSA) is 66.5 Å². The van der Waals surface area contributed by atoms with Crippen molar-refractivity contribution in [1.29, 1.82) is 0 Å². The maximum atomic E-state index is 12.2. The quantitative estimate of drug-likeness (QED) is 0.361. The van der Waals surface area contributed by atoms with E-state index >= 15 is 0 Å². The maximum Gasteiger partial charge on any atom is 0.233 e. The predicted molar refractivity (Wildman–Crippen MR) is 109 cm³/mol. The van der Waals surface area contributed by atoms with Gasteiger partial charge < -0.3 is 5.32 Å². The molecular formula is C22H40N2O3. The minimum atomic E-state index is -0.107. The molecule has 1 atom stereocenters. The molecule has 0 spiro atoms. The minimum absolute atomic E-state index is 0.0103. The molecule has 1 aliphatic rings. The van der Waals surface area contributed by atoms with Crippen LogP contribution in [0.2, 0.25) is 0 Å². The zero-order valence-electron chi connectivity index (χ0n) is 17.9. The average Bonchev–Trinajstić information content (AvgIpc) is 2.89. The molecule has 0 aliphatic carbocycles. The molecule has 156 valence electrons. The van der Waals surface area contributed by atoms with Crippen molar-refractivity contribution in [2.75, 3.05) is 13.1 Å². The molecule has 1 heterocycles. The SMILES string of the molecule is CC(C)CNC(=O)CCCCCCCCCCN1C(=O)CC(C(C)C)C1=O. The monoisotopic (exact) mass is 380 g/mol. The number of rotatable bonds is 14. The van der Waals surface area contributed by atoms with E-state index in [-0.39, 0.29) is 29.6 Å². The molecule has 0 aromatic heterocycles. The smallest absolute Gasteiger partial charge is 0.233 e. The van der Waals surface area contributed by atoms with E-state index in [2.05, 4.69) is 19.2 Å². The number of carbonyl (C=O) groups is 3.